The maximum absolute atomic E-state index is 11.8. The molecule has 0 heterocycles. The van der Waals surface area contributed by atoms with E-state index in [2.05, 4.69) is 5.32 Å². The van der Waals surface area contributed by atoms with Gasteiger partial charge in [-0.3, -0.25) is 9.59 Å². The Morgan fingerprint density at radius 2 is 1.91 bits per heavy atom. The lowest BCUT2D eigenvalue weighted by Crippen LogP contribution is -2.20. The van der Waals surface area contributed by atoms with Gasteiger partial charge in [0.15, 0.2) is 6.61 Å². The number of thioether (sulfide) groups is 1. The summed E-state index contributed by atoms with van der Waals surface area (Å²) in [5.74, 6) is -0.256. The number of amides is 2. The molecule has 22 heavy (non-hydrogen) atoms. The number of hydrogen-bond donors (Lipinski definition) is 2. The van der Waals surface area contributed by atoms with Gasteiger partial charge in [0.2, 0.25) is 5.91 Å². The van der Waals surface area contributed by atoms with Crippen molar-refractivity contribution < 1.29 is 14.3 Å². The Bertz CT molecular complexity index is 671. The zero-order valence-corrected chi connectivity index (χ0v) is 12.9. The van der Waals surface area contributed by atoms with E-state index in [0.29, 0.717) is 11.3 Å². The predicted octanol–water partition coefficient (Wildman–Crippen LogP) is 2.52. The number of benzene rings is 2. The van der Waals surface area contributed by atoms with E-state index in [1.165, 1.54) is 0 Å². The SMILES string of the molecule is CSc1cccc(NC(=O)COc2ccc(C(N)=O)cc2)c1. The topological polar surface area (TPSA) is 81.4 Å². The summed E-state index contributed by atoms with van der Waals surface area (Å²) in [6, 6.07) is 13.9. The Labute approximate surface area is 132 Å². The van der Waals surface area contributed by atoms with Gasteiger partial charge in [0.25, 0.3) is 5.91 Å². The summed E-state index contributed by atoms with van der Waals surface area (Å²) in [7, 11) is 0. The van der Waals surface area contributed by atoms with E-state index in [1.807, 2.05) is 30.5 Å². The number of primary amides is 1. The molecule has 0 saturated carbocycles. The zero-order valence-electron chi connectivity index (χ0n) is 12.0. The molecule has 0 aliphatic heterocycles. The van der Waals surface area contributed by atoms with E-state index in [0.717, 1.165) is 10.6 Å². The quantitative estimate of drug-likeness (QED) is 0.802. The van der Waals surface area contributed by atoms with E-state index >= 15 is 0 Å². The molecule has 0 aliphatic rings. The zero-order chi connectivity index (χ0) is 15.9. The van der Waals surface area contributed by atoms with Gasteiger partial charge in [0.05, 0.1) is 0 Å². The molecule has 114 valence electrons. The van der Waals surface area contributed by atoms with Crippen LogP contribution in [0.1, 0.15) is 10.4 Å². The second kappa shape index (κ2) is 7.51. The monoisotopic (exact) mass is 316 g/mol. The van der Waals surface area contributed by atoms with Gasteiger partial charge in [-0.2, -0.15) is 0 Å². The molecule has 0 spiro atoms. The highest BCUT2D eigenvalue weighted by molar-refractivity contribution is 7.98. The Morgan fingerprint density at radius 3 is 2.55 bits per heavy atom. The summed E-state index contributed by atoms with van der Waals surface area (Å²) >= 11 is 1.60. The lowest BCUT2D eigenvalue weighted by molar-refractivity contribution is -0.118. The molecule has 0 bridgehead atoms. The minimum absolute atomic E-state index is 0.112. The van der Waals surface area contributed by atoms with Gasteiger partial charge >= 0.3 is 0 Å². The van der Waals surface area contributed by atoms with Crippen LogP contribution in [-0.2, 0) is 4.79 Å². The van der Waals surface area contributed by atoms with Gasteiger partial charge in [0.1, 0.15) is 5.75 Å². The van der Waals surface area contributed by atoms with Crippen molar-refractivity contribution in [2.24, 2.45) is 5.73 Å². The van der Waals surface area contributed by atoms with Crippen molar-refractivity contribution in [3.05, 3.63) is 54.1 Å². The molecule has 0 aromatic heterocycles. The minimum Gasteiger partial charge on any atom is -0.484 e. The molecular weight excluding hydrogens is 300 g/mol. The number of nitrogens with two attached hydrogens (primary N) is 1. The fraction of sp³-hybridized carbons (Fsp3) is 0.125. The minimum atomic E-state index is -0.502. The van der Waals surface area contributed by atoms with Crippen LogP contribution in [0.2, 0.25) is 0 Å². The molecule has 0 aliphatic carbocycles. The molecule has 6 heteroatoms. The fourth-order valence-electron chi connectivity index (χ4n) is 1.76. The number of carbonyl (C=O) groups is 2. The van der Waals surface area contributed by atoms with Crippen LogP contribution in [0.4, 0.5) is 5.69 Å². The largest absolute Gasteiger partial charge is 0.484 e. The molecule has 0 saturated heterocycles. The third-order valence-electron chi connectivity index (χ3n) is 2.86. The molecule has 0 fully saturated rings. The van der Waals surface area contributed by atoms with Crippen LogP contribution in [0.25, 0.3) is 0 Å². The van der Waals surface area contributed by atoms with E-state index in [1.54, 1.807) is 36.0 Å². The summed E-state index contributed by atoms with van der Waals surface area (Å²) in [4.78, 5) is 23.9. The smallest absolute Gasteiger partial charge is 0.262 e. The fourth-order valence-corrected chi connectivity index (χ4v) is 2.22. The van der Waals surface area contributed by atoms with E-state index < -0.39 is 5.91 Å². The molecule has 0 radical (unpaired) electrons. The summed E-state index contributed by atoms with van der Waals surface area (Å²) in [6.07, 6.45) is 1.97. The highest BCUT2D eigenvalue weighted by atomic mass is 32.2. The van der Waals surface area contributed by atoms with Crippen LogP contribution in [0, 0.1) is 0 Å². The normalized spacial score (nSPS) is 10.0. The highest BCUT2D eigenvalue weighted by Crippen LogP contribution is 2.19. The Balaban J connectivity index is 1.88. The number of hydrogen-bond acceptors (Lipinski definition) is 4. The van der Waals surface area contributed by atoms with Gasteiger partial charge in [-0.1, -0.05) is 6.07 Å². The molecule has 0 unspecified atom stereocenters. The average Bonchev–Trinajstić information content (AvgIpc) is 2.53. The number of rotatable bonds is 6. The lowest BCUT2D eigenvalue weighted by Gasteiger charge is -2.08. The molecule has 2 aromatic rings. The van der Waals surface area contributed by atoms with Crippen LogP contribution in [0.15, 0.2) is 53.4 Å². The first-order chi connectivity index (χ1) is 10.6. The van der Waals surface area contributed by atoms with Crippen molar-refractivity contribution >= 4 is 29.3 Å². The number of carbonyl (C=O) groups excluding carboxylic acids is 2. The van der Waals surface area contributed by atoms with E-state index in [9.17, 15) is 9.59 Å². The van der Waals surface area contributed by atoms with Crippen molar-refractivity contribution in [2.75, 3.05) is 18.2 Å². The number of anilines is 1. The highest BCUT2D eigenvalue weighted by Gasteiger charge is 2.05. The molecule has 2 rings (SSSR count). The van der Waals surface area contributed by atoms with Gasteiger partial charge < -0.3 is 15.8 Å². The molecule has 3 N–H and O–H groups in total. The predicted molar refractivity (Wildman–Crippen MR) is 87.3 cm³/mol. The van der Waals surface area contributed by atoms with Gasteiger partial charge in [-0.05, 0) is 48.7 Å². The Kier molecular flexibility index (Phi) is 5.43. The van der Waals surface area contributed by atoms with Crippen LogP contribution in [-0.4, -0.2) is 24.7 Å². The summed E-state index contributed by atoms with van der Waals surface area (Å²) in [5, 5.41) is 2.77. The summed E-state index contributed by atoms with van der Waals surface area (Å²) in [5.41, 5.74) is 6.27. The average molecular weight is 316 g/mol. The van der Waals surface area contributed by atoms with Gasteiger partial charge in [-0.15, -0.1) is 11.8 Å². The maximum Gasteiger partial charge on any atom is 0.262 e. The first kappa shape index (κ1) is 15.9. The van der Waals surface area contributed by atoms with Crippen molar-refractivity contribution in [1.29, 1.82) is 0 Å². The van der Waals surface area contributed by atoms with Gasteiger partial charge in [0, 0.05) is 16.1 Å². The second-order valence-electron chi connectivity index (χ2n) is 4.46. The molecule has 2 amide bonds. The van der Waals surface area contributed by atoms with Crippen LogP contribution < -0.4 is 15.8 Å². The van der Waals surface area contributed by atoms with Crippen molar-refractivity contribution in [3.63, 3.8) is 0 Å². The third-order valence-corrected chi connectivity index (χ3v) is 3.59. The van der Waals surface area contributed by atoms with Crippen LogP contribution >= 0.6 is 11.8 Å². The summed E-state index contributed by atoms with van der Waals surface area (Å²) < 4.78 is 5.36. The number of nitrogens with one attached hydrogen (secondary N) is 1. The van der Waals surface area contributed by atoms with E-state index in [-0.39, 0.29) is 12.5 Å². The van der Waals surface area contributed by atoms with Crippen LogP contribution in [0.5, 0.6) is 5.75 Å². The van der Waals surface area contributed by atoms with Crippen molar-refractivity contribution in [2.45, 2.75) is 4.90 Å². The standard InChI is InChI=1S/C16H16N2O3S/c1-22-14-4-2-3-12(9-14)18-15(19)10-21-13-7-5-11(6-8-13)16(17)20/h2-9H,10H2,1H3,(H2,17,20)(H,18,19). The van der Waals surface area contributed by atoms with Gasteiger partial charge in [-0.25, -0.2) is 0 Å². The molecule has 2 aromatic carbocycles. The maximum atomic E-state index is 11.8. The molecule has 0 atom stereocenters. The van der Waals surface area contributed by atoms with Crippen molar-refractivity contribution in [3.8, 4) is 5.75 Å². The molecular formula is C16H16N2O3S. The Morgan fingerprint density at radius 1 is 1.18 bits per heavy atom. The van der Waals surface area contributed by atoms with Crippen molar-refractivity contribution in [1.82, 2.24) is 0 Å². The van der Waals surface area contributed by atoms with Crippen LogP contribution in [0.3, 0.4) is 0 Å². The first-order valence-corrected chi connectivity index (χ1v) is 7.77. The Hall–Kier alpha value is -2.47. The first-order valence-electron chi connectivity index (χ1n) is 6.55. The number of ether oxygens (including phenoxy) is 1. The lowest BCUT2D eigenvalue weighted by atomic mass is 10.2. The molecule has 5 nitrogen and oxygen atoms in total. The van der Waals surface area contributed by atoms with E-state index in [4.69, 9.17) is 10.5 Å². The second-order valence-corrected chi connectivity index (χ2v) is 5.34. The summed E-state index contributed by atoms with van der Waals surface area (Å²) in [6.45, 7) is -0.112. The third kappa shape index (κ3) is 4.53.